The number of benzene rings is 2. The molecule has 2 aliphatic rings. The Morgan fingerprint density at radius 3 is 2.54 bits per heavy atom. The third-order valence-corrected chi connectivity index (χ3v) is 7.98. The maximum absolute atomic E-state index is 13.5. The number of rotatable bonds is 9. The first-order chi connectivity index (χ1) is 19.8. The molecule has 5 rings (SSSR count). The number of nitrogens with zero attached hydrogens (tertiary/aromatic N) is 5. The molecule has 2 aliphatic heterocycles. The van der Waals surface area contributed by atoms with Gasteiger partial charge in [-0.3, -0.25) is 9.59 Å². The zero-order valence-corrected chi connectivity index (χ0v) is 23.6. The number of carbonyl (C=O) groups excluding carboxylic acids is 3. The topological polar surface area (TPSA) is 148 Å². The van der Waals surface area contributed by atoms with Crippen LogP contribution in [0.25, 0.3) is 11.0 Å². The molecule has 0 saturated carbocycles. The Morgan fingerprint density at radius 2 is 1.80 bits per heavy atom. The van der Waals surface area contributed by atoms with Gasteiger partial charge in [-0.05, 0) is 67.0 Å². The standard InChI is InChI=1S/C29H38N8O4/c1-35-25-10-7-20(14-24(25)33-34-35)16-31-27(38)26-15-21(13-19-5-8-22(41-2)9-6-19)18-37(26)28(39)23(30)17-32-29(40)36-11-3-4-12-36/h5-10,14,21,23,26H,3-4,11-13,15-18,30H2,1-2H3,(H,31,38)(H,32,40)/t21-,23-,26+/m1/s1. The van der Waals surface area contributed by atoms with E-state index in [0.717, 1.165) is 40.8 Å². The van der Waals surface area contributed by atoms with Crippen LogP contribution in [0, 0.1) is 5.92 Å². The molecule has 0 bridgehead atoms. The number of amides is 4. The number of methoxy groups -OCH3 is 1. The van der Waals surface area contributed by atoms with Crippen LogP contribution < -0.4 is 21.1 Å². The van der Waals surface area contributed by atoms with Crippen molar-refractivity contribution in [3.8, 4) is 5.75 Å². The summed E-state index contributed by atoms with van der Waals surface area (Å²) in [6.07, 6.45) is 3.18. The highest BCUT2D eigenvalue weighted by Gasteiger charge is 2.41. The first kappa shape index (κ1) is 28.3. The second-order valence-corrected chi connectivity index (χ2v) is 10.9. The molecule has 2 fully saturated rings. The summed E-state index contributed by atoms with van der Waals surface area (Å²) in [5, 5.41) is 14.0. The van der Waals surface area contributed by atoms with E-state index in [1.807, 2.05) is 49.5 Å². The Morgan fingerprint density at radius 1 is 1.07 bits per heavy atom. The van der Waals surface area contributed by atoms with Gasteiger partial charge in [-0.25, -0.2) is 9.48 Å². The average molecular weight is 563 g/mol. The van der Waals surface area contributed by atoms with Gasteiger partial charge in [0.2, 0.25) is 11.8 Å². The minimum absolute atomic E-state index is 0.0142. The normalized spacial score (nSPS) is 19.4. The molecule has 12 heteroatoms. The molecule has 4 N–H and O–H groups in total. The Balaban J connectivity index is 1.25. The fourth-order valence-corrected chi connectivity index (χ4v) is 5.69. The molecule has 1 aromatic heterocycles. The highest BCUT2D eigenvalue weighted by molar-refractivity contribution is 5.91. The zero-order valence-electron chi connectivity index (χ0n) is 23.6. The van der Waals surface area contributed by atoms with E-state index in [-0.39, 0.29) is 30.3 Å². The fourth-order valence-electron chi connectivity index (χ4n) is 5.69. The first-order valence-corrected chi connectivity index (χ1v) is 14.1. The number of ether oxygens (including phenoxy) is 1. The third kappa shape index (κ3) is 6.59. The lowest BCUT2D eigenvalue weighted by molar-refractivity contribution is -0.139. The summed E-state index contributed by atoms with van der Waals surface area (Å²) in [6.45, 7) is 2.13. The molecule has 0 unspecified atom stereocenters. The molecular weight excluding hydrogens is 524 g/mol. The monoisotopic (exact) mass is 562 g/mol. The van der Waals surface area contributed by atoms with Gasteiger partial charge in [0, 0.05) is 39.8 Å². The van der Waals surface area contributed by atoms with Crippen molar-refractivity contribution < 1.29 is 19.1 Å². The van der Waals surface area contributed by atoms with E-state index >= 15 is 0 Å². The molecule has 3 atom stereocenters. The second-order valence-electron chi connectivity index (χ2n) is 10.9. The van der Waals surface area contributed by atoms with E-state index in [4.69, 9.17) is 10.5 Å². The molecule has 3 heterocycles. The van der Waals surface area contributed by atoms with Gasteiger partial charge in [0.1, 0.15) is 23.3 Å². The quantitative estimate of drug-likeness (QED) is 0.355. The van der Waals surface area contributed by atoms with Gasteiger partial charge in [0.25, 0.3) is 0 Å². The predicted molar refractivity (Wildman–Crippen MR) is 153 cm³/mol. The van der Waals surface area contributed by atoms with Gasteiger partial charge in [0.15, 0.2) is 0 Å². The number of aryl methyl sites for hydroxylation is 1. The summed E-state index contributed by atoms with van der Waals surface area (Å²) in [4.78, 5) is 42.7. The summed E-state index contributed by atoms with van der Waals surface area (Å²) in [5.74, 6) is 0.273. The molecule has 12 nitrogen and oxygen atoms in total. The maximum Gasteiger partial charge on any atom is 0.317 e. The molecule has 0 radical (unpaired) electrons. The lowest BCUT2D eigenvalue weighted by Crippen LogP contribution is -2.55. The first-order valence-electron chi connectivity index (χ1n) is 14.1. The number of likely N-dealkylation sites (tertiary alicyclic amines) is 2. The summed E-state index contributed by atoms with van der Waals surface area (Å²) >= 11 is 0. The number of carbonyl (C=O) groups is 3. The predicted octanol–water partition coefficient (Wildman–Crippen LogP) is 1.19. The lowest BCUT2D eigenvalue weighted by Gasteiger charge is -2.27. The molecule has 218 valence electrons. The zero-order chi connectivity index (χ0) is 28.9. The summed E-state index contributed by atoms with van der Waals surface area (Å²) < 4.78 is 6.96. The van der Waals surface area contributed by atoms with E-state index in [0.29, 0.717) is 39.0 Å². The number of nitrogens with one attached hydrogen (secondary N) is 2. The summed E-state index contributed by atoms with van der Waals surface area (Å²) in [6, 6.07) is 11.7. The van der Waals surface area contributed by atoms with Crippen LogP contribution in [-0.2, 0) is 29.6 Å². The van der Waals surface area contributed by atoms with Crippen LogP contribution in [-0.4, -0.2) is 88.0 Å². The van der Waals surface area contributed by atoms with Gasteiger partial charge in [0.05, 0.1) is 12.6 Å². The second kappa shape index (κ2) is 12.5. The van der Waals surface area contributed by atoms with E-state index in [1.54, 1.807) is 21.6 Å². The molecule has 3 aromatic rings. The molecule has 0 aliphatic carbocycles. The van der Waals surface area contributed by atoms with Crippen LogP contribution in [0.1, 0.15) is 30.4 Å². The lowest BCUT2D eigenvalue weighted by atomic mass is 9.96. The summed E-state index contributed by atoms with van der Waals surface area (Å²) in [5.41, 5.74) is 9.91. The number of hydrogen-bond donors (Lipinski definition) is 3. The van der Waals surface area contributed by atoms with Crippen LogP contribution in [0.3, 0.4) is 0 Å². The molecule has 41 heavy (non-hydrogen) atoms. The smallest absolute Gasteiger partial charge is 0.317 e. The van der Waals surface area contributed by atoms with Crippen molar-refractivity contribution in [1.82, 2.24) is 35.4 Å². The van der Waals surface area contributed by atoms with Crippen LogP contribution in [0.4, 0.5) is 4.79 Å². The SMILES string of the molecule is COc1ccc(C[C@@H]2C[C@@H](C(=O)NCc3ccc4c(c3)nnn4C)N(C(=O)[C@H](N)CNC(=O)N3CCCC3)C2)cc1. The molecule has 0 spiro atoms. The fraction of sp³-hybridized carbons (Fsp3) is 0.483. The van der Waals surface area contributed by atoms with Crippen LogP contribution in [0.2, 0.25) is 0 Å². The van der Waals surface area contributed by atoms with Gasteiger partial charge < -0.3 is 30.9 Å². The van der Waals surface area contributed by atoms with Crippen LogP contribution in [0.5, 0.6) is 5.75 Å². The Hall–Kier alpha value is -4.19. The van der Waals surface area contributed by atoms with E-state index in [1.165, 1.54) is 0 Å². The van der Waals surface area contributed by atoms with E-state index in [9.17, 15) is 14.4 Å². The number of fused-ring (bicyclic) bond motifs is 1. The minimum Gasteiger partial charge on any atom is -0.497 e. The number of aromatic nitrogens is 3. The van der Waals surface area contributed by atoms with Gasteiger partial charge in [-0.15, -0.1) is 5.10 Å². The van der Waals surface area contributed by atoms with Gasteiger partial charge in [-0.2, -0.15) is 0 Å². The van der Waals surface area contributed by atoms with Gasteiger partial charge in [-0.1, -0.05) is 23.4 Å². The van der Waals surface area contributed by atoms with E-state index in [2.05, 4.69) is 20.9 Å². The highest BCUT2D eigenvalue weighted by Crippen LogP contribution is 2.28. The van der Waals surface area contributed by atoms with Crippen molar-refractivity contribution in [2.24, 2.45) is 18.7 Å². The van der Waals surface area contributed by atoms with Crippen LogP contribution in [0.15, 0.2) is 42.5 Å². The van der Waals surface area contributed by atoms with E-state index < -0.39 is 12.1 Å². The molecule has 2 aromatic carbocycles. The Labute approximate surface area is 239 Å². The number of urea groups is 1. The van der Waals surface area contributed by atoms with Gasteiger partial charge >= 0.3 is 6.03 Å². The molecular formula is C29H38N8O4. The van der Waals surface area contributed by atoms with Crippen molar-refractivity contribution in [3.05, 3.63) is 53.6 Å². The Bertz CT molecular complexity index is 1390. The van der Waals surface area contributed by atoms with Crippen molar-refractivity contribution in [2.45, 2.75) is 44.3 Å². The third-order valence-electron chi connectivity index (χ3n) is 7.98. The van der Waals surface area contributed by atoms with Crippen LogP contribution >= 0.6 is 0 Å². The number of hydrogen-bond acceptors (Lipinski definition) is 7. The van der Waals surface area contributed by atoms with Crippen molar-refractivity contribution in [2.75, 3.05) is 33.3 Å². The number of nitrogens with two attached hydrogens (primary N) is 1. The molecule has 4 amide bonds. The molecule has 2 saturated heterocycles. The summed E-state index contributed by atoms with van der Waals surface area (Å²) in [7, 11) is 3.45. The highest BCUT2D eigenvalue weighted by atomic mass is 16.5. The Kier molecular flexibility index (Phi) is 8.67. The maximum atomic E-state index is 13.5. The minimum atomic E-state index is -0.948. The largest absolute Gasteiger partial charge is 0.497 e. The average Bonchev–Trinajstić information content (AvgIpc) is 3.75. The van der Waals surface area contributed by atoms with Crippen molar-refractivity contribution >= 4 is 28.9 Å². The van der Waals surface area contributed by atoms with Crippen molar-refractivity contribution in [3.63, 3.8) is 0 Å². The van der Waals surface area contributed by atoms with Crippen molar-refractivity contribution in [1.29, 1.82) is 0 Å².